The van der Waals surface area contributed by atoms with E-state index >= 15 is 0 Å². The highest BCUT2D eigenvalue weighted by atomic mass is 16.6. The van der Waals surface area contributed by atoms with Gasteiger partial charge in [-0.1, -0.05) is 111 Å². The third-order valence-corrected chi connectivity index (χ3v) is 16.5. The van der Waals surface area contributed by atoms with Crippen LogP contribution in [0.25, 0.3) is 0 Å². The SMILES string of the molecule is CC[C@H](C)[C@@H]([C@@H](CC(=O)N1CCC[C@H]1[C@H](OC)[C@@H](C)C(=O)N[C@H](C)[C@@H](O)c1ccccc1)OC)N(C)C(=O)C(NC(=O)[C@H](C(C)C)N(C)C(=O)OCc1ccc(NC(=O)[C@H](CCCNC(N)=O)NC(=O)[C@@H](NC(=O)CCCC(=O)OC)C(C)C)cc1)C(C)C. The summed E-state index contributed by atoms with van der Waals surface area (Å²) in [6, 6.07) is 8.74. The van der Waals surface area contributed by atoms with Crippen molar-refractivity contribution >= 4 is 65.1 Å². The van der Waals surface area contributed by atoms with E-state index in [2.05, 4.69) is 36.6 Å². The van der Waals surface area contributed by atoms with Crippen LogP contribution < -0.4 is 37.6 Å². The van der Waals surface area contributed by atoms with Crippen molar-refractivity contribution in [2.24, 2.45) is 35.3 Å². The minimum Gasteiger partial charge on any atom is -0.469 e. The molecular weight excluding hydrogens is 1150 g/mol. The van der Waals surface area contributed by atoms with E-state index < -0.39 is 126 Å². The fourth-order valence-corrected chi connectivity index (χ4v) is 11.2. The van der Waals surface area contributed by atoms with Gasteiger partial charge in [0.05, 0.1) is 55.9 Å². The molecule has 0 radical (unpaired) electrons. The van der Waals surface area contributed by atoms with Crippen molar-refractivity contribution in [1.29, 1.82) is 0 Å². The molecule has 89 heavy (non-hydrogen) atoms. The summed E-state index contributed by atoms with van der Waals surface area (Å²) in [5.74, 6) is -5.81. The molecule has 1 saturated heterocycles. The Kier molecular flexibility index (Phi) is 32.0. The first-order valence-corrected chi connectivity index (χ1v) is 31.0. The smallest absolute Gasteiger partial charge is 0.410 e. The molecule has 2 aromatic rings. The molecule has 0 aromatic heterocycles. The van der Waals surface area contributed by atoms with Gasteiger partial charge in [-0.05, 0) is 86.0 Å². The molecule has 0 aliphatic carbocycles. The first-order valence-electron chi connectivity index (χ1n) is 31.0. The molecule has 25 heteroatoms. The number of nitrogens with one attached hydrogen (secondary N) is 6. The highest BCUT2D eigenvalue weighted by molar-refractivity contribution is 5.98. The van der Waals surface area contributed by atoms with Gasteiger partial charge >= 0.3 is 18.1 Å². The number of hydrogen-bond acceptors (Lipinski definition) is 15. The van der Waals surface area contributed by atoms with Crippen LogP contribution in [-0.2, 0) is 63.9 Å². The van der Waals surface area contributed by atoms with Crippen LogP contribution in [-0.4, -0.2) is 182 Å². The van der Waals surface area contributed by atoms with E-state index in [1.54, 1.807) is 109 Å². The Labute approximate surface area is 525 Å². The molecule has 1 heterocycles. The Balaban J connectivity index is 1.71. The number of carbonyl (C=O) groups is 10. The predicted octanol–water partition coefficient (Wildman–Crippen LogP) is 4.93. The lowest BCUT2D eigenvalue weighted by atomic mass is 9.89. The highest BCUT2D eigenvalue weighted by Crippen LogP contribution is 2.30. The van der Waals surface area contributed by atoms with Crippen molar-refractivity contribution in [3.8, 4) is 0 Å². The number of nitrogens with zero attached hydrogens (tertiary/aromatic N) is 3. The zero-order chi connectivity index (χ0) is 66.8. The third-order valence-electron chi connectivity index (χ3n) is 16.5. The minimum atomic E-state index is -1.11. The number of anilines is 1. The summed E-state index contributed by atoms with van der Waals surface area (Å²) in [5.41, 5.74) is 6.75. The van der Waals surface area contributed by atoms with Crippen LogP contribution in [0.3, 0.4) is 0 Å². The van der Waals surface area contributed by atoms with E-state index in [9.17, 15) is 53.1 Å². The van der Waals surface area contributed by atoms with Crippen LogP contribution in [0, 0.1) is 29.6 Å². The van der Waals surface area contributed by atoms with Gasteiger partial charge in [0, 0.05) is 59.9 Å². The predicted molar refractivity (Wildman–Crippen MR) is 335 cm³/mol. The standard InChI is InChI=1S/C64H102N10O15/c1-16-40(8)55(48(86-13)35-50(76)74-34-22-26-47(74)57(88-15)41(9)58(79)67-42(10)56(78)44-23-18-17-19-24-44)72(11)62(83)53(38(4)5)71-61(82)54(39(6)7)73(12)64(85)89-36-43-29-31-45(32-30-43)68-59(80)46(25-21-33-66-63(65)84)69-60(81)52(37(2)3)70-49(75)27-20-28-51(77)87-14/h17-19,23-24,29-32,37-42,46-48,52-57,78H,16,20-22,25-28,33-36H2,1-15H3,(H,67,79)(H,68,80)(H,69,81)(H,70,75)(H,71,82)(H3,65,66,84)/t40-,41+,42+,46-,47-,48+,52-,53?,54-,55-,56+,57+/m0/s1. The van der Waals surface area contributed by atoms with Crippen molar-refractivity contribution in [1.82, 2.24) is 41.3 Å². The second kappa shape index (κ2) is 37.6. The van der Waals surface area contributed by atoms with Gasteiger partial charge in [0.2, 0.25) is 41.4 Å². The van der Waals surface area contributed by atoms with E-state index in [1.165, 1.54) is 33.3 Å². The lowest BCUT2D eigenvalue weighted by molar-refractivity contribution is -0.148. The van der Waals surface area contributed by atoms with Crippen molar-refractivity contribution < 1.29 is 72.0 Å². The highest BCUT2D eigenvalue weighted by Gasteiger charge is 2.44. The lowest BCUT2D eigenvalue weighted by Gasteiger charge is -2.41. The van der Waals surface area contributed by atoms with Crippen LogP contribution in [0.2, 0.25) is 0 Å². The number of nitrogens with two attached hydrogens (primary N) is 1. The van der Waals surface area contributed by atoms with Crippen LogP contribution >= 0.6 is 0 Å². The van der Waals surface area contributed by atoms with Gasteiger partial charge in [-0.2, -0.15) is 0 Å². The summed E-state index contributed by atoms with van der Waals surface area (Å²) in [6.45, 7) is 18.3. The number of carbonyl (C=O) groups excluding carboxylic acids is 10. The van der Waals surface area contributed by atoms with Crippen molar-refractivity contribution in [3.63, 3.8) is 0 Å². The molecule has 25 nitrogen and oxygen atoms in total. The monoisotopic (exact) mass is 1250 g/mol. The van der Waals surface area contributed by atoms with Crippen LogP contribution in [0.5, 0.6) is 0 Å². The summed E-state index contributed by atoms with van der Waals surface area (Å²) in [7, 11) is 7.33. The van der Waals surface area contributed by atoms with Crippen LogP contribution in [0.15, 0.2) is 54.6 Å². The Morgan fingerprint density at radius 2 is 1.36 bits per heavy atom. The molecule has 3 rings (SSSR count). The second-order valence-corrected chi connectivity index (χ2v) is 24.2. The molecule has 1 aliphatic heterocycles. The van der Waals surface area contributed by atoms with Gasteiger partial charge in [-0.25, -0.2) is 9.59 Å². The number of primary amides is 1. The van der Waals surface area contributed by atoms with Crippen LogP contribution in [0.1, 0.15) is 144 Å². The summed E-state index contributed by atoms with van der Waals surface area (Å²) in [5, 5.41) is 27.5. The molecule has 1 aliphatic rings. The maximum absolute atomic E-state index is 14.8. The Bertz CT molecular complexity index is 2630. The Hall–Kier alpha value is -7.38. The number of urea groups is 1. The van der Waals surface area contributed by atoms with Gasteiger partial charge < -0.3 is 71.5 Å². The largest absolute Gasteiger partial charge is 0.469 e. The molecule has 1 unspecified atom stereocenters. The first-order chi connectivity index (χ1) is 42.0. The van der Waals surface area contributed by atoms with Gasteiger partial charge in [-0.15, -0.1) is 0 Å². The molecular formula is C64H102N10O15. The average molecular weight is 1250 g/mol. The number of amides is 10. The van der Waals surface area contributed by atoms with Gasteiger partial charge in [0.25, 0.3) is 0 Å². The van der Waals surface area contributed by atoms with E-state index in [-0.39, 0.29) is 75.3 Å². The van der Waals surface area contributed by atoms with E-state index in [1.807, 2.05) is 32.0 Å². The number of ether oxygens (including phenoxy) is 4. The number of likely N-dealkylation sites (tertiary alicyclic amines) is 1. The summed E-state index contributed by atoms with van der Waals surface area (Å²) in [4.78, 5) is 138. The number of likely N-dealkylation sites (N-methyl/N-ethyl adjacent to an activating group) is 2. The van der Waals surface area contributed by atoms with Gasteiger partial charge in [0.1, 0.15) is 30.8 Å². The zero-order valence-electron chi connectivity index (χ0n) is 54.9. The minimum absolute atomic E-state index is 0.0271. The topological polar surface area (TPSA) is 336 Å². The first kappa shape index (κ1) is 75.9. The number of aliphatic hydroxyl groups excluding tert-OH is 1. The van der Waals surface area contributed by atoms with E-state index in [0.29, 0.717) is 42.6 Å². The van der Waals surface area contributed by atoms with E-state index in [4.69, 9.17) is 19.9 Å². The van der Waals surface area contributed by atoms with Crippen molar-refractivity contribution in [2.45, 2.75) is 194 Å². The molecule has 12 atom stereocenters. The fraction of sp³-hybridized carbons (Fsp3) is 0.656. The molecule has 9 N–H and O–H groups in total. The Morgan fingerprint density at radius 1 is 0.719 bits per heavy atom. The number of aliphatic hydroxyl groups is 1. The number of esters is 1. The molecule has 2 aromatic carbocycles. The summed E-state index contributed by atoms with van der Waals surface area (Å²) in [6.07, 6.45) is -0.843. The summed E-state index contributed by atoms with van der Waals surface area (Å²) < 4.78 is 22.3. The van der Waals surface area contributed by atoms with Crippen LogP contribution in [0.4, 0.5) is 15.3 Å². The number of methoxy groups -OCH3 is 3. The number of benzene rings is 2. The average Bonchev–Trinajstić information content (AvgIpc) is 2.15. The van der Waals surface area contributed by atoms with Gasteiger partial charge in [0.15, 0.2) is 0 Å². The van der Waals surface area contributed by atoms with Crippen molar-refractivity contribution in [2.75, 3.05) is 53.8 Å². The molecule has 498 valence electrons. The van der Waals surface area contributed by atoms with Gasteiger partial charge in [-0.3, -0.25) is 43.3 Å². The maximum Gasteiger partial charge on any atom is 0.410 e. The maximum atomic E-state index is 14.8. The summed E-state index contributed by atoms with van der Waals surface area (Å²) >= 11 is 0. The fourth-order valence-electron chi connectivity index (χ4n) is 11.2. The number of hydrogen-bond donors (Lipinski definition) is 8. The molecule has 1 fully saturated rings. The lowest BCUT2D eigenvalue weighted by Crippen LogP contribution is -2.60. The number of rotatable bonds is 36. The quantitative estimate of drug-likeness (QED) is 0.0331. The Morgan fingerprint density at radius 3 is 1.92 bits per heavy atom. The normalized spacial score (nSPS) is 16.8. The second-order valence-electron chi connectivity index (χ2n) is 24.2. The molecule has 0 saturated carbocycles. The zero-order valence-corrected chi connectivity index (χ0v) is 54.9. The third kappa shape index (κ3) is 23.2. The molecule has 0 bridgehead atoms. The van der Waals surface area contributed by atoms with E-state index in [0.717, 1.165) is 0 Å². The molecule has 0 spiro atoms. The molecule has 10 amide bonds. The van der Waals surface area contributed by atoms with Crippen molar-refractivity contribution in [3.05, 3.63) is 65.7 Å².